The zero-order chi connectivity index (χ0) is 12.3. The van der Waals surface area contributed by atoms with Gasteiger partial charge in [-0.15, -0.1) is 0 Å². The molecular formula is C14H11O3. The van der Waals surface area contributed by atoms with Gasteiger partial charge in [-0.25, -0.2) is 0 Å². The standard InChI is InChI=1S/C14H11O3/c15-9-14(10-1-5-12(16)6-2-10)11-3-7-13(17)8-4-11/h1-8,14,16-17H. The Morgan fingerprint density at radius 3 is 1.41 bits per heavy atom. The second-order valence-corrected chi connectivity index (χ2v) is 3.73. The number of phenols is 2. The average Bonchev–Trinajstić information content (AvgIpc) is 2.35. The third kappa shape index (κ3) is 2.45. The summed E-state index contributed by atoms with van der Waals surface area (Å²) in [5.74, 6) is -0.190. The van der Waals surface area contributed by atoms with Crippen molar-refractivity contribution in [2.24, 2.45) is 0 Å². The van der Waals surface area contributed by atoms with Gasteiger partial charge in [0.15, 0.2) is 0 Å². The predicted molar refractivity (Wildman–Crippen MR) is 63.8 cm³/mol. The number of rotatable bonds is 3. The van der Waals surface area contributed by atoms with Gasteiger partial charge in [-0.2, -0.15) is 0 Å². The summed E-state index contributed by atoms with van der Waals surface area (Å²) >= 11 is 0. The van der Waals surface area contributed by atoms with E-state index in [1.54, 1.807) is 24.3 Å². The molecule has 0 amide bonds. The number of aromatic hydroxyl groups is 2. The van der Waals surface area contributed by atoms with Gasteiger partial charge in [-0.3, -0.25) is 4.79 Å². The van der Waals surface area contributed by atoms with Crippen LogP contribution in [-0.2, 0) is 4.79 Å². The SMILES string of the molecule is O=[C]C(c1ccc(O)cc1)c1ccc(O)cc1. The maximum atomic E-state index is 11.0. The molecule has 0 aliphatic carbocycles. The van der Waals surface area contributed by atoms with Crippen molar-refractivity contribution in [3.63, 3.8) is 0 Å². The minimum Gasteiger partial charge on any atom is -0.508 e. The van der Waals surface area contributed by atoms with Crippen LogP contribution in [0.1, 0.15) is 17.0 Å². The Bertz CT molecular complexity index is 454. The zero-order valence-corrected chi connectivity index (χ0v) is 9.00. The van der Waals surface area contributed by atoms with Gasteiger partial charge in [0.25, 0.3) is 0 Å². The summed E-state index contributed by atoms with van der Waals surface area (Å²) in [6.07, 6.45) is 1.96. The fourth-order valence-electron chi connectivity index (χ4n) is 1.66. The van der Waals surface area contributed by atoms with E-state index in [1.807, 2.05) is 6.29 Å². The van der Waals surface area contributed by atoms with Gasteiger partial charge in [0.2, 0.25) is 6.29 Å². The molecule has 0 saturated heterocycles. The Balaban J connectivity index is 2.36. The molecule has 85 valence electrons. The lowest BCUT2D eigenvalue weighted by molar-refractivity contribution is 0.475. The number of benzene rings is 2. The number of hydrogen-bond donors (Lipinski definition) is 2. The highest BCUT2D eigenvalue weighted by molar-refractivity contribution is 5.69. The molecular weight excluding hydrogens is 216 g/mol. The van der Waals surface area contributed by atoms with Crippen molar-refractivity contribution >= 4 is 6.29 Å². The van der Waals surface area contributed by atoms with Crippen LogP contribution in [0.25, 0.3) is 0 Å². The molecule has 0 spiro atoms. The normalized spacial score (nSPS) is 10.4. The van der Waals surface area contributed by atoms with Crippen LogP contribution >= 0.6 is 0 Å². The third-order valence-corrected chi connectivity index (χ3v) is 2.57. The third-order valence-electron chi connectivity index (χ3n) is 2.57. The molecule has 17 heavy (non-hydrogen) atoms. The maximum absolute atomic E-state index is 11.0. The first kappa shape index (κ1) is 11.2. The molecule has 2 rings (SSSR count). The molecule has 2 N–H and O–H groups in total. The van der Waals surface area contributed by atoms with E-state index < -0.39 is 5.92 Å². The van der Waals surface area contributed by atoms with Crippen molar-refractivity contribution < 1.29 is 15.0 Å². The number of carbonyl (C=O) groups excluding carboxylic acids is 1. The summed E-state index contributed by atoms with van der Waals surface area (Å²) in [7, 11) is 0. The first-order chi connectivity index (χ1) is 8.20. The van der Waals surface area contributed by atoms with Crippen molar-refractivity contribution in [2.45, 2.75) is 5.92 Å². The van der Waals surface area contributed by atoms with Crippen LogP contribution in [0.2, 0.25) is 0 Å². The van der Waals surface area contributed by atoms with E-state index in [1.165, 1.54) is 24.3 Å². The van der Waals surface area contributed by atoms with Crippen molar-refractivity contribution in [1.82, 2.24) is 0 Å². The summed E-state index contributed by atoms with van der Waals surface area (Å²) in [6, 6.07) is 12.8. The van der Waals surface area contributed by atoms with E-state index in [4.69, 9.17) is 0 Å². The fourth-order valence-corrected chi connectivity index (χ4v) is 1.66. The highest BCUT2D eigenvalue weighted by Gasteiger charge is 2.13. The van der Waals surface area contributed by atoms with Crippen LogP contribution in [0.5, 0.6) is 11.5 Å². The molecule has 2 aromatic carbocycles. The summed E-state index contributed by atoms with van der Waals surface area (Å²) in [6.45, 7) is 0. The zero-order valence-electron chi connectivity index (χ0n) is 9.00. The van der Waals surface area contributed by atoms with Crippen molar-refractivity contribution in [1.29, 1.82) is 0 Å². The smallest absolute Gasteiger partial charge is 0.211 e. The van der Waals surface area contributed by atoms with Gasteiger partial charge in [0.1, 0.15) is 11.5 Å². The summed E-state index contributed by atoms with van der Waals surface area (Å²) < 4.78 is 0. The predicted octanol–water partition coefficient (Wildman–Crippen LogP) is 2.34. The summed E-state index contributed by atoms with van der Waals surface area (Å²) in [4.78, 5) is 11.0. The minimum atomic E-state index is -0.504. The van der Waals surface area contributed by atoms with Crippen molar-refractivity contribution in [2.75, 3.05) is 0 Å². The quantitative estimate of drug-likeness (QED) is 0.846. The van der Waals surface area contributed by atoms with E-state index in [0.717, 1.165) is 11.1 Å². The lowest BCUT2D eigenvalue weighted by atomic mass is 9.92. The monoisotopic (exact) mass is 227 g/mol. The van der Waals surface area contributed by atoms with E-state index in [9.17, 15) is 15.0 Å². The van der Waals surface area contributed by atoms with Crippen LogP contribution in [0.4, 0.5) is 0 Å². The van der Waals surface area contributed by atoms with Gasteiger partial charge in [-0.1, -0.05) is 24.3 Å². The lowest BCUT2D eigenvalue weighted by Gasteiger charge is -2.10. The molecule has 0 aliphatic rings. The Kier molecular flexibility index (Phi) is 3.10. The second-order valence-electron chi connectivity index (χ2n) is 3.73. The van der Waals surface area contributed by atoms with E-state index >= 15 is 0 Å². The fraction of sp³-hybridized carbons (Fsp3) is 0.0714. The van der Waals surface area contributed by atoms with Crippen molar-refractivity contribution in [3.8, 4) is 11.5 Å². The maximum Gasteiger partial charge on any atom is 0.211 e. The number of phenolic OH excluding ortho intramolecular Hbond substituents is 2. The second kappa shape index (κ2) is 4.70. The molecule has 0 unspecified atom stereocenters. The molecule has 0 heterocycles. The summed E-state index contributed by atoms with van der Waals surface area (Å²) in [5.41, 5.74) is 1.51. The van der Waals surface area contributed by atoms with E-state index in [0.29, 0.717) is 0 Å². The topological polar surface area (TPSA) is 57.5 Å². The van der Waals surface area contributed by atoms with Crippen LogP contribution in [0, 0.1) is 0 Å². The van der Waals surface area contributed by atoms with Gasteiger partial charge in [-0.05, 0) is 35.4 Å². The minimum absolute atomic E-state index is 0.157. The molecule has 0 aliphatic heterocycles. The highest BCUT2D eigenvalue weighted by Crippen LogP contribution is 2.25. The lowest BCUT2D eigenvalue weighted by Crippen LogP contribution is -2.01. The van der Waals surface area contributed by atoms with E-state index in [-0.39, 0.29) is 11.5 Å². The Morgan fingerprint density at radius 1 is 0.765 bits per heavy atom. The average molecular weight is 227 g/mol. The number of hydrogen-bond acceptors (Lipinski definition) is 3. The molecule has 0 bridgehead atoms. The molecule has 1 radical (unpaired) electrons. The van der Waals surface area contributed by atoms with Gasteiger partial charge in [0.05, 0.1) is 5.92 Å². The van der Waals surface area contributed by atoms with Gasteiger partial charge in [0, 0.05) is 0 Å². The Morgan fingerprint density at radius 2 is 1.12 bits per heavy atom. The molecule has 0 saturated carbocycles. The van der Waals surface area contributed by atoms with Crippen molar-refractivity contribution in [3.05, 3.63) is 59.7 Å². The molecule has 0 aromatic heterocycles. The Hall–Kier alpha value is -2.29. The molecule has 3 heteroatoms. The van der Waals surface area contributed by atoms with Crippen LogP contribution in [0.15, 0.2) is 48.5 Å². The van der Waals surface area contributed by atoms with Crippen LogP contribution in [-0.4, -0.2) is 16.5 Å². The van der Waals surface area contributed by atoms with Crippen LogP contribution in [0.3, 0.4) is 0 Å². The largest absolute Gasteiger partial charge is 0.508 e. The molecule has 0 fully saturated rings. The summed E-state index contributed by atoms with van der Waals surface area (Å²) in [5, 5.41) is 18.4. The van der Waals surface area contributed by atoms with Gasteiger partial charge < -0.3 is 10.2 Å². The van der Waals surface area contributed by atoms with Gasteiger partial charge >= 0.3 is 0 Å². The van der Waals surface area contributed by atoms with Crippen LogP contribution < -0.4 is 0 Å². The van der Waals surface area contributed by atoms with E-state index in [2.05, 4.69) is 0 Å². The Labute approximate surface area is 99.0 Å². The first-order valence-corrected chi connectivity index (χ1v) is 5.16. The molecule has 2 aromatic rings. The highest BCUT2D eigenvalue weighted by atomic mass is 16.3. The molecule has 0 atom stereocenters. The molecule has 3 nitrogen and oxygen atoms in total. The first-order valence-electron chi connectivity index (χ1n) is 5.16.